The maximum atomic E-state index is 4.03. The largest absolute Gasteiger partial charge is 0.356 e. The second-order valence-corrected chi connectivity index (χ2v) is 4.57. The van der Waals surface area contributed by atoms with Crippen molar-refractivity contribution in [1.82, 2.24) is 19.7 Å². The first-order chi connectivity index (χ1) is 8.92. The van der Waals surface area contributed by atoms with Crippen molar-refractivity contribution < 1.29 is 0 Å². The predicted octanol–water partition coefficient (Wildman–Crippen LogP) is 2.34. The molecule has 0 spiro atoms. The summed E-state index contributed by atoms with van der Waals surface area (Å²) >= 11 is 1.50. The van der Waals surface area contributed by atoms with Crippen LogP contribution in [0.2, 0.25) is 0 Å². The van der Waals surface area contributed by atoms with Crippen LogP contribution in [0.5, 0.6) is 0 Å². The third-order valence-corrected chi connectivity index (χ3v) is 3.19. The van der Waals surface area contributed by atoms with Crippen LogP contribution in [0.4, 0.5) is 5.13 Å². The SMILES string of the molecule is c1cn(-c2ccc(CNc3nncs3)cc2)cn1. The standard InChI is InChI=1S/C12H11N5S/c1-3-11(17-6-5-13-8-17)4-2-10(1)7-14-12-16-15-9-18-12/h1-6,8-9H,7H2,(H,14,16). The van der Waals surface area contributed by atoms with E-state index in [1.807, 2.05) is 10.8 Å². The van der Waals surface area contributed by atoms with Crippen molar-refractivity contribution in [2.75, 3.05) is 5.32 Å². The van der Waals surface area contributed by atoms with Gasteiger partial charge in [0.05, 0.1) is 6.33 Å². The normalized spacial score (nSPS) is 10.4. The van der Waals surface area contributed by atoms with E-state index in [1.165, 1.54) is 16.9 Å². The lowest BCUT2D eigenvalue weighted by atomic mass is 10.2. The van der Waals surface area contributed by atoms with Crippen LogP contribution >= 0.6 is 11.3 Å². The maximum Gasteiger partial charge on any atom is 0.205 e. The Kier molecular flexibility index (Phi) is 3.01. The Hall–Kier alpha value is -2.21. The quantitative estimate of drug-likeness (QED) is 0.779. The lowest BCUT2D eigenvalue weighted by molar-refractivity contribution is 1.04. The summed E-state index contributed by atoms with van der Waals surface area (Å²) in [6, 6.07) is 8.31. The van der Waals surface area contributed by atoms with Crippen LogP contribution in [-0.2, 0) is 6.54 Å². The molecule has 1 N–H and O–H groups in total. The summed E-state index contributed by atoms with van der Waals surface area (Å²) in [5.41, 5.74) is 4.02. The van der Waals surface area contributed by atoms with Crippen molar-refractivity contribution in [3.8, 4) is 5.69 Å². The van der Waals surface area contributed by atoms with E-state index >= 15 is 0 Å². The number of benzene rings is 1. The van der Waals surface area contributed by atoms with E-state index in [2.05, 4.69) is 44.8 Å². The first-order valence-electron chi connectivity index (χ1n) is 5.49. The molecule has 0 aliphatic heterocycles. The molecule has 18 heavy (non-hydrogen) atoms. The minimum Gasteiger partial charge on any atom is -0.356 e. The first-order valence-corrected chi connectivity index (χ1v) is 6.37. The third kappa shape index (κ3) is 2.38. The summed E-state index contributed by atoms with van der Waals surface area (Å²) in [6.07, 6.45) is 5.48. The Morgan fingerprint density at radius 3 is 2.78 bits per heavy atom. The Bertz CT molecular complexity index is 586. The molecule has 0 aliphatic rings. The molecule has 0 atom stereocenters. The van der Waals surface area contributed by atoms with Crippen LogP contribution < -0.4 is 5.32 Å². The summed E-state index contributed by atoms with van der Waals surface area (Å²) in [5, 5.41) is 11.8. The zero-order valence-corrected chi connectivity index (χ0v) is 10.3. The lowest BCUT2D eigenvalue weighted by Gasteiger charge is -2.05. The number of hydrogen-bond donors (Lipinski definition) is 1. The molecular weight excluding hydrogens is 246 g/mol. The highest BCUT2D eigenvalue weighted by Crippen LogP contribution is 2.12. The molecule has 0 fully saturated rings. The van der Waals surface area contributed by atoms with Crippen molar-refractivity contribution in [3.05, 3.63) is 54.1 Å². The Morgan fingerprint density at radius 1 is 1.22 bits per heavy atom. The molecule has 0 amide bonds. The zero-order valence-electron chi connectivity index (χ0n) is 9.52. The number of nitrogens with zero attached hydrogens (tertiary/aromatic N) is 4. The smallest absolute Gasteiger partial charge is 0.205 e. The summed E-state index contributed by atoms with van der Waals surface area (Å²) < 4.78 is 1.97. The van der Waals surface area contributed by atoms with Gasteiger partial charge in [0.15, 0.2) is 0 Å². The van der Waals surface area contributed by atoms with E-state index in [0.717, 1.165) is 17.4 Å². The van der Waals surface area contributed by atoms with E-state index in [1.54, 1.807) is 18.0 Å². The fourth-order valence-electron chi connectivity index (χ4n) is 1.63. The van der Waals surface area contributed by atoms with Crippen LogP contribution in [0.25, 0.3) is 5.69 Å². The third-order valence-electron chi connectivity index (χ3n) is 2.54. The minimum absolute atomic E-state index is 0.749. The van der Waals surface area contributed by atoms with Crippen molar-refractivity contribution >= 4 is 16.5 Å². The topological polar surface area (TPSA) is 55.6 Å². The molecule has 0 aliphatic carbocycles. The van der Waals surface area contributed by atoms with E-state index in [9.17, 15) is 0 Å². The van der Waals surface area contributed by atoms with Gasteiger partial charge >= 0.3 is 0 Å². The molecule has 90 valence electrons. The molecule has 2 aromatic heterocycles. The highest BCUT2D eigenvalue weighted by Gasteiger charge is 1.98. The first kappa shape index (κ1) is 10.9. The average molecular weight is 257 g/mol. The van der Waals surface area contributed by atoms with Gasteiger partial charge in [-0.15, -0.1) is 10.2 Å². The van der Waals surface area contributed by atoms with Crippen LogP contribution in [-0.4, -0.2) is 19.7 Å². The predicted molar refractivity (Wildman–Crippen MR) is 70.8 cm³/mol. The molecule has 0 radical (unpaired) electrons. The molecule has 0 saturated carbocycles. The van der Waals surface area contributed by atoms with Gasteiger partial charge in [-0.25, -0.2) is 4.98 Å². The van der Waals surface area contributed by atoms with E-state index < -0.39 is 0 Å². The highest BCUT2D eigenvalue weighted by molar-refractivity contribution is 7.13. The summed E-state index contributed by atoms with van der Waals surface area (Å²) in [5.74, 6) is 0. The Morgan fingerprint density at radius 2 is 2.11 bits per heavy atom. The number of hydrogen-bond acceptors (Lipinski definition) is 5. The van der Waals surface area contributed by atoms with Gasteiger partial charge < -0.3 is 9.88 Å². The Balaban J connectivity index is 1.68. The van der Waals surface area contributed by atoms with Gasteiger partial charge in [0.1, 0.15) is 5.51 Å². The molecule has 3 aromatic rings. The van der Waals surface area contributed by atoms with Gasteiger partial charge in [-0.2, -0.15) is 0 Å². The number of rotatable bonds is 4. The van der Waals surface area contributed by atoms with Gasteiger partial charge in [-0.1, -0.05) is 23.5 Å². The Labute approximate surface area is 108 Å². The molecule has 0 unspecified atom stereocenters. The van der Waals surface area contributed by atoms with Crippen molar-refractivity contribution in [2.24, 2.45) is 0 Å². The molecule has 0 saturated heterocycles. The lowest BCUT2D eigenvalue weighted by Crippen LogP contribution is -1.99. The minimum atomic E-state index is 0.749. The van der Waals surface area contributed by atoms with Gasteiger partial charge in [-0.3, -0.25) is 0 Å². The van der Waals surface area contributed by atoms with E-state index in [0.29, 0.717) is 0 Å². The van der Waals surface area contributed by atoms with Crippen LogP contribution in [0, 0.1) is 0 Å². The fourth-order valence-corrected chi connectivity index (χ4v) is 2.07. The molecular formula is C12H11N5S. The van der Waals surface area contributed by atoms with Crippen molar-refractivity contribution in [3.63, 3.8) is 0 Å². The number of aromatic nitrogens is 4. The maximum absolute atomic E-state index is 4.03. The highest BCUT2D eigenvalue weighted by atomic mass is 32.1. The molecule has 0 bridgehead atoms. The number of nitrogens with one attached hydrogen (secondary N) is 1. The van der Waals surface area contributed by atoms with E-state index in [-0.39, 0.29) is 0 Å². The van der Waals surface area contributed by atoms with Gasteiger partial charge in [0, 0.05) is 24.6 Å². The monoisotopic (exact) mass is 257 g/mol. The molecule has 2 heterocycles. The summed E-state index contributed by atoms with van der Waals surface area (Å²) in [7, 11) is 0. The number of anilines is 1. The van der Waals surface area contributed by atoms with Gasteiger partial charge in [0.2, 0.25) is 5.13 Å². The molecule has 6 heteroatoms. The van der Waals surface area contributed by atoms with Crippen LogP contribution in [0.15, 0.2) is 48.5 Å². The van der Waals surface area contributed by atoms with Gasteiger partial charge in [0.25, 0.3) is 0 Å². The van der Waals surface area contributed by atoms with Crippen molar-refractivity contribution in [1.29, 1.82) is 0 Å². The molecule has 1 aromatic carbocycles. The second kappa shape index (κ2) is 4.97. The van der Waals surface area contributed by atoms with Gasteiger partial charge in [-0.05, 0) is 17.7 Å². The summed E-state index contributed by atoms with van der Waals surface area (Å²) in [4.78, 5) is 4.03. The zero-order chi connectivity index (χ0) is 12.2. The molecule has 3 rings (SSSR count). The van der Waals surface area contributed by atoms with Crippen molar-refractivity contribution in [2.45, 2.75) is 6.54 Å². The number of imidazole rings is 1. The summed E-state index contributed by atoms with van der Waals surface area (Å²) in [6.45, 7) is 0.749. The second-order valence-electron chi connectivity index (χ2n) is 3.73. The fraction of sp³-hybridized carbons (Fsp3) is 0.0833. The average Bonchev–Trinajstić information content (AvgIpc) is 3.10. The molecule has 5 nitrogen and oxygen atoms in total. The van der Waals surface area contributed by atoms with Crippen LogP contribution in [0.1, 0.15) is 5.56 Å². The van der Waals surface area contributed by atoms with E-state index in [4.69, 9.17) is 0 Å². The van der Waals surface area contributed by atoms with Crippen LogP contribution in [0.3, 0.4) is 0 Å².